The number of piperazine rings is 1. The molecule has 7 heteroatoms. The van der Waals surface area contributed by atoms with E-state index in [2.05, 4.69) is 0 Å². The fourth-order valence-corrected chi connectivity index (χ4v) is 5.57. The van der Waals surface area contributed by atoms with Gasteiger partial charge >= 0.3 is 0 Å². The van der Waals surface area contributed by atoms with E-state index in [1.807, 2.05) is 75.2 Å². The summed E-state index contributed by atoms with van der Waals surface area (Å²) in [5.41, 5.74) is 2.40. The Morgan fingerprint density at radius 2 is 1.79 bits per heavy atom. The number of halogens is 1. The Bertz CT molecular complexity index is 1330. The zero-order valence-electron chi connectivity index (χ0n) is 19.0. The molecule has 0 unspecified atom stereocenters. The van der Waals surface area contributed by atoms with Crippen LogP contribution in [0.4, 0.5) is 4.39 Å². The van der Waals surface area contributed by atoms with Gasteiger partial charge in [-0.3, -0.25) is 9.59 Å². The largest absolute Gasteiger partial charge is 0.336 e. The molecule has 1 saturated heterocycles. The van der Waals surface area contributed by atoms with Crippen LogP contribution < -0.4 is 0 Å². The number of rotatable bonds is 5. The van der Waals surface area contributed by atoms with Crippen molar-refractivity contribution >= 4 is 33.4 Å². The molecule has 0 aliphatic carbocycles. The fourth-order valence-electron chi connectivity index (χ4n) is 4.67. The van der Waals surface area contributed by atoms with Crippen LogP contribution in [0, 0.1) is 5.82 Å². The van der Waals surface area contributed by atoms with E-state index in [0.717, 1.165) is 21.3 Å². The van der Waals surface area contributed by atoms with Crippen molar-refractivity contribution in [3.8, 4) is 0 Å². The van der Waals surface area contributed by atoms with Crippen LogP contribution in [0.15, 0.2) is 72.1 Å². The minimum atomic E-state index is -0.287. The molecule has 0 saturated carbocycles. The Balaban J connectivity index is 1.33. The number of benzene rings is 2. The van der Waals surface area contributed by atoms with Gasteiger partial charge in [0.25, 0.3) is 5.91 Å². The summed E-state index contributed by atoms with van der Waals surface area (Å²) in [6, 6.07) is 20.1. The molecular formula is C27H26FN3O2S. The summed E-state index contributed by atoms with van der Waals surface area (Å²) in [5.74, 6) is -0.257. The van der Waals surface area contributed by atoms with Gasteiger partial charge in [0.1, 0.15) is 16.3 Å². The second kappa shape index (κ2) is 9.43. The molecule has 3 heterocycles. The van der Waals surface area contributed by atoms with Crippen LogP contribution in [0.25, 0.3) is 10.2 Å². The molecule has 1 fully saturated rings. The lowest BCUT2D eigenvalue weighted by Gasteiger charge is -2.40. The van der Waals surface area contributed by atoms with Crippen LogP contribution in [-0.4, -0.2) is 51.9 Å². The summed E-state index contributed by atoms with van der Waals surface area (Å²) in [6.45, 7) is 3.90. The van der Waals surface area contributed by atoms with Crippen molar-refractivity contribution in [1.82, 2.24) is 14.4 Å². The van der Waals surface area contributed by atoms with Crippen LogP contribution in [-0.2, 0) is 17.8 Å². The Morgan fingerprint density at radius 3 is 2.56 bits per heavy atom. The van der Waals surface area contributed by atoms with Gasteiger partial charge in [0, 0.05) is 37.6 Å². The molecule has 174 valence electrons. The minimum absolute atomic E-state index is 0.0539. The summed E-state index contributed by atoms with van der Waals surface area (Å²) < 4.78 is 15.7. The average Bonchev–Trinajstić information content (AvgIpc) is 3.42. The van der Waals surface area contributed by atoms with Crippen molar-refractivity contribution in [3.63, 3.8) is 0 Å². The summed E-state index contributed by atoms with van der Waals surface area (Å²) in [5, 5.41) is 3.01. The van der Waals surface area contributed by atoms with Gasteiger partial charge in [-0.25, -0.2) is 4.39 Å². The molecule has 2 aromatic carbocycles. The van der Waals surface area contributed by atoms with Crippen LogP contribution in [0.1, 0.15) is 28.5 Å². The third kappa shape index (κ3) is 4.48. The molecule has 0 bridgehead atoms. The molecule has 5 rings (SSSR count). The highest BCUT2D eigenvalue weighted by molar-refractivity contribution is 7.16. The number of aromatic nitrogens is 1. The standard InChI is InChI=1S/C27H26FN3O2S/c1-19-17-29(11-12-30(19)25(32)15-20-6-3-2-4-7-20)26(33)24-16-22-10-13-34-27(22)31(24)18-21-8-5-9-23(28)14-21/h2-10,13-14,16,19H,11-12,15,17-18H2,1H3/t19-/m0/s1. The van der Waals surface area contributed by atoms with Gasteiger partial charge in [-0.15, -0.1) is 11.3 Å². The Labute approximate surface area is 202 Å². The lowest BCUT2D eigenvalue weighted by molar-refractivity contribution is -0.134. The highest BCUT2D eigenvalue weighted by Gasteiger charge is 2.31. The van der Waals surface area contributed by atoms with Gasteiger partial charge in [0.2, 0.25) is 5.91 Å². The van der Waals surface area contributed by atoms with Gasteiger partial charge in [-0.2, -0.15) is 0 Å². The van der Waals surface area contributed by atoms with E-state index in [9.17, 15) is 14.0 Å². The van der Waals surface area contributed by atoms with E-state index in [-0.39, 0.29) is 23.7 Å². The van der Waals surface area contributed by atoms with E-state index in [0.29, 0.717) is 38.3 Å². The molecule has 0 spiro atoms. The van der Waals surface area contributed by atoms with E-state index < -0.39 is 0 Å². The molecule has 2 amide bonds. The maximum atomic E-state index is 13.8. The topological polar surface area (TPSA) is 45.6 Å². The van der Waals surface area contributed by atoms with Crippen molar-refractivity contribution in [3.05, 3.63) is 94.7 Å². The third-order valence-electron chi connectivity index (χ3n) is 6.38. The lowest BCUT2D eigenvalue weighted by Crippen LogP contribution is -2.56. The monoisotopic (exact) mass is 475 g/mol. The van der Waals surface area contributed by atoms with Gasteiger partial charge < -0.3 is 14.4 Å². The highest BCUT2D eigenvalue weighted by Crippen LogP contribution is 2.28. The molecule has 5 nitrogen and oxygen atoms in total. The third-order valence-corrected chi connectivity index (χ3v) is 7.34. The Hall–Kier alpha value is -3.45. The number of carbonyl (C=O) groups excluding carboxylic acids is 2. The van der Waals surface area contributed by atoms with E-state index in [1.165, 1.54) is 12.1 Å². The fraction of sp³-hybridized carbons (Fsp3) is 0.259. The zero-order valence-corrected chi connectivity index (χ0v) is 19.8. The number of thiophene rings is 1. The first kappa shape index (κ1) is 22.3. The normalized spacial score (nSPS) is 16.2. The number of hydrogen-bond donors (Lipinski definition) is 0. The van der Waals surface area contributed by atoms with Gasteiger partial charge in [0.05, 0.1) is 6.42 Å². The summed E-state index contributed by atoms with van der Waals surface area (Å²) >= 11 is 1.57. The van der Waals surface area contributed by atoms with Crippen LogP contribution >= 0.6 is 11.3 Å². The molecule has 0 N–H and O–H groups in total. The molecule has 1 aliphatic rings. The Kier molecular flexibility index (Phi) is 6.20. The molecule has 34 heavy (non-hydrogen) atoms. The number of amides is 2. The summed E-state index contributed by atoms with van der Waals surface area (Å²) in [7, 11) is 0. The second-order valence-electron chi connectivity index (χ2n) is 8.78. The van der Waals surface area contributed by atoms with Crippen molar-refractivity contribution in [2.75, 3.05) is 19.6 Å². The number of fused-ring (bicyclic) bond motifs is 1. The maximum Gasteiger partial charge on any atom is 0.270 e. The first-order valence-corrected chi connectivity index (χ1v) is 12.3. The zero-order chi connectivity index (χ0) is 23.7. The number of nitrogens with zero attached hydrogens (tertiary/aromatic N) is 3. The van der Waals surface area contributed by atoms with Crippen LogP contribution in [0.2, 0.25) is 0 Å². The maximum absolute atomic E-state index is 13.8. The number of hydrogen-bond acceptors (Lipinski definition) is 3. The molecule has 1 atom stereocenters. The molecule has 2 aromatic heterocycles. The van der Waals surface area contributed by atoms with E-state index in [1.54, 1.807) is 17.4 Å². The van der Waals surface area contributed by atoms with E-state index in [4.69, 9.17) is 0 Å². The molecule has 1 aliphatic heterocycles. The smallest absolute Gasteiger partial charge is 0.270 e. The first-order chi connectivity index (χ1) is 16.5. The predicted octanol–water partition coefficient (Wildman–Crippen LogP) is 4.81. The average molecular weight is 476 g/mol. The molecule has 4 aromatic rings. The number of carbonyl (C=O) groups is 2. The minimum Gasteiger partial charge on any atom is -0.336 e. The van der Waals surface area contributed by atoms with Crippen LogP contribution in [0.3, 0.4) is 0 Å². The lowest BCUT2D eigenvalue weighted by atomic mass is 10.1. The van der Waals surface area contributed by atoms with Gasteiger partial charge in [-0.05, 0) is 47.7 Å². The first-order valence-electron chi connectivity index (χ1n) is 11.4. The SMILES string of the molecule is C[C@H]1CN(C(=O)c2cc3ccsc3n2Cc2cccc(F)c2)CCN1C(=O)Cc1ccccc1. The van der Waals surface area contributed by atoms with Crippen LogP contribution in [0.5, 0.6) is 0 Å². The van der Waals surface area contributed by atoms with E-state index >= 15 is 0 Å². The second-order valence-corrected chi connectivity index (χ2v) is 9.67. The van der Waals surface area contributed by atoms with Gasteiger partial charge in [0.15, 0.2) is 0 Å². The van der Waals surface area contributed by atoms with Crippen molar-refractivity contribution in [2.45, 2.75) is 25.9 Å². The highest BCUT2D eigenvalue weighted by atomic mass is 32.1. The van der Waals surface area contributed by atoms with Crippen molar-refractivity contribution in [1.29, 1.82) is 0 Å². The summed E-state index contributed by atoms with van der Waals surface area (Å²) in [4.78, 5) is 31.2. The van der Waals surface area contributed by atoms with Gasteiger partial charge in [-0.1, -0.05) is 42.5 Å². The quantitative estimate of drug-likeness (QED) is 0.416. The molecule has 0 radical (unpaired) electrons. The Morgan fingerprint density at radius 1 is 1.00 bits per heavy atom. The van der Waals surface area contributed by atoms with Crippen molar-refractivity contribution < 1.29 is 14.0 Å². The van der Waals surface area contributed by atoms with Crippen molar-refractivity contribution in [2.24, 2.45) is 0 Å². The summed E-state index contributed by atoms with van der Waals surface area (Å²) in [6.07, 6.45) is 0.367. The predicted molar refractivity (Wildman–Crippen MR) is 133 cm³/mol. The molecular weight excluding hydrogens is 449 g/mol.